The highest BCUT2D eigenvalue weighted by Gasteiger charge is 2.23. The predicted octanol–water partition coefficient (Wildman–Crippen LogP) is 0.396. The smallest absolute Gasteiger partial charge is 0.244 e. The number of hydrogen-bond acceptors (Lipinski definition) is 6. The molecule has 3 rings (SSSR count). The highest BCUT2D eigenvalue weighted by atomic mass is 16.2. The van der Waals surface area contributed by atoms with E-state index in [1.807, 2.05) is 43.0 Å². The van der Waals surface area contributed by atoms with Crippen LogP contribution in [0.5, 0.6) is 0 Å². The maximum absolute atomic E-state index is 12.3. The second kappa shape index (κ2) is 6.86. The third kappa shape index (κ3) is 3.64. The van der Waals surface area contributed by atoms with E-state index in [0.717, 1.165) is 30.5 Å². The molecule has 0 N–H and O–H groups in total. The molecule has 2 aromatic heterocycles. The fourth-order valence-electron chi connectivity index (χ4n) is 2.70. The molecule has 24 heavy (non-hydrogen) atoms. The van der Waals surface area contributed by atoms with Crippen molar-refractivity contribution in [2.45, 2.75) is 13.5 Å². The van der Waals surface area contributed by atoms with Gasteiger partial charge in [-0.2, -0.15) is 10.1 Å². The van der Waals surface area contributed by atoms with Gasteiger partial charge in [0, 0.05) is 64.4 Å². The Kier molecular flexibility index (Phi) is 4.64. The highest BCUT2D eigenvalue weighted by Crippen LogP contribution is 2.17. The average molecular weight is 329 g/mol. The zero-order chi connectivity index (χ0) is 17.1. The summed E-state index contributed by atoms with van der Waals surface area (Å²) in [6, 6.07) is 3.79. The van der Waals surface area contributed by atoms with E-state index in [9.17, 15) is 4.79 Å². The van der Waals surface area contributed by atoms with Gasteiger partial charge in [0.1, 0.15) is 12.4 Å². The fourth-order valence-corrected chi connectivity index (χ4v) is 2.70. The van der Waals surface area contributed by atoms with Gasteiger partial charge in [-0.05, 0) is 13.0 Å². The molecule has 128 valence electrons. The van der Waals surface area contributed by atoms with Crippen molar-refractivity contribution < 1.29 is 4.79 Å². The Bertz CT molecular complexity index is 690. The Hall–Kier alpha value is -2.64. The molecule has 0 saturated carbocycles. The summed E-state index contributed by atoms with van der Waals surface area (Å²) >= 11 is 0. The molecule has 1 saturated heterocycles. The topological polar surface area (TPSA) is 70.4 Å². The molecule has 0 unspecified atom stereocenters. The molecule has 0 aromatic carbocycles. The molecule has 1 amide bonds. The highest BCUT2D eigenvalue weighted by molar-refractivity contribution is 5.76. The Morgan fingerprint density at radius 2 is 1.96 bits per heavy atom. The van der Waals surface area contributed by atoms with Crippen LogP contribution in [-0.2, 0) is 11.3 Å². The van der Waals surface area contributed by atoms with Gasteiger partial charge in [0.05, 0.1) is 0 Å². The van der Waals surface area contributed by atoms with Crippen molar-refractivity contribution in [1.82, 2.24) is 24.6 Å². The van der Waals surface area contributed by atoms with Crippen LogP contribution in [-0.4, -0.2) is 70.8 Å². The maximum atomic E-state index is 12.3. The summed E-state index contributed by atoms with van der Waals surface area (Å²) in [5.41, 5.74) is 0.945. The summed E-state index contributed by atoms with van der Waals surface area (Å²) in [5, 5.41) is 4.08. The second-order valence-electron chi connectivity index (χ2n) is 6.13. The number of aromatic nitrogens is 4. The summed E-state index contributed by atoms with van der Waals surface area (Å²) in [6.45, 7) is 5.09. The quantitative estimate of drug-likeness (QED) is 0.808. The van der Waals surface area contributed by atoms with Crippen LogP contribution >= 0.6 is 0 Å². The van der Waals surface area contributed by atoms with E-state index < -0.39 is 0 Å². The first-order chi connectivity index (χ1) is 11.5. The van der Waals surface area contributed by atoms with Crippen molar-refractivity contribution in [2.24, 2.45) is 0 Å². The van der Waals surface area contributed by atoms with Crippen LogP contribution in [0, 0.1) is 6.92 Å². The van der Waals surface area contributed by atoms with Gasteiger partial charge in [0.15, 0.2) is 0 Å². The molecule has 0 spiro atoms. The van der Waals surface area contributed by atoms with Crippen molar-refractivity contribution in [1.29, 1.82) is 0 Å². The monoisotopic (exact) mass is 329 g/mol. The van der Waals surface area contributed by atoms with E-state index in [-0.39, 0.29) is 5.91 Å². The minimum Gasteiger partial charge on any atom is -0.363 e. The number of hydrogen-bond donors (Lipinski definition) is 0. The fraction of sp³-hybridized carbons (Fsp3) is 0.500. The van der Waals surface area contributed by atoms with Crippen LogP contribution in [0.1, 0.15) is 5.69 Å². The predicted molar refractivity (Wildman–Crippen MR) is 92.1 cm³/mol. The number of nitrogens with zero attached hydrogens (tertiary/aromatic N) is 7. The summed E-state index contributed by atoms with van der Waals surface area (Å²) in [7, 11) is 3.94. The van der Waals surface area contributed by atoms with Gasteiger partial charge in [-0.15, -0.1) is 0 Å². The lowest BCUT2D eigenvalue weighted by atomic mass is 10.3. The van der Waals surface area contributed by atoms with E-state index in [2.05, 4.69) is 20.0 Å². The van der Waals surface area contributed by atoms with Gasteiger partial charge in [0.2, 0.25) is 11.9 Å². The SMILES string of the molecule is Cc1cc(N(C)C)nc(N2CCN(C(=O)Cn3cccn3)CC2)n1. The molecule has 0 radical (unpaired) electrons. The van der Waals surface area contributed by atoms with E-state index >= 15 is 0 Å². The normalized spacial score (nSPS) is 14.8. The largest absolute Gasteiger partial charge is 0.363 e. The lowest BCUT2D eigenvalue weighted by Crippen LogP contribution is -2.50. The van der Waals surface area contributed by atoms with Gasteiger partial charge in [-0.1, -0.05) is 0 Å². The molecule has 0 bridgehead atoms. The summed E-state index contributed by atoms with van der Waals surface area (Å²) in [6.07, 6.45) is 3.49. The van der Waals surface area contributed by atoms with Crippen LogP contribution in [0.4, 0.5) is 11.8 Å². The van der Waals surface area contributed by atoms with Crippen LogP contribution in [0.25, 0.3) is 0 Å². The average Bonchev–Trinajstić information content (AvgIpc) is 3.07. The molecule has 0 atom stereocenters. The molecular weight excluding hydrogens is 306 g/mol. The van der Waals surface area contributed by atoms with Gasteiger partial charge in [-0.25, -0.2) is 4.98 Å². The summed E-state index contributed by atoms with van der Waals surface area (Å²) in [4.78, 5) is 27.5. The zero-order valence-corrected chi connectivity index (χ0v) is 14.4. The number of rotatable bonds is 4. The van der Waals surface area contributed by atoms with Crippen molar-refractivity contribution >= 4 is 17.7 Å². The second-order valence-corrected chi connectivity index (χ2v) is 6.13. The molecule has 1 aliphatic rings. The minimum absolute atomic E-state index is 0.0949. The van der Waals surface area contributed by atoms with E-state index in [0.29, 0.717) is 19.6 Å². The molecule has 2 aromatic rings. The van der Waals surface area contributed by atoms with Crippen molar-refractivity contribution in [3.05, 3.63) is 30.2 Å². The van der Waals surface area contributed by atoms with Gasteiger partial charge in [-0.3, -0.25) is 9.48 Å². The van der Waals surface area contributed by atoms with Crippen LogP contribution < -0.4 is 9.80 Å². The molecule has 8 nitrogen and oxygen atoms in total. The summed E-state index contributed by atoms with van der Waals surface area (Å²) in [5.74, 6) is 1.73. The van der Waals surface area contributed by atoms with Gasteiger partial charge >= 0.3 is 0 Å². The summed E-state index contributed by atoms with van der Waals surface area (Å²) < 4.78 is 1.65. The van der Waals surface area contributed by atoms with E-state index in [1.165, 1.54) is 0 Å². The molecular formula is C16H23N7O. The van der Waals surface area contributed by atoms with Crippen molar-refractivity contribution in [3.63, 3.8) is 0 Å². The molecule has 8 heteroatoms. The molecule has 0 aliphatic carbocycles. The van der Waals surface area contributed by atoms with Crippen LogP contribution in [0.2, 0.25) is 0 Å². The first-order valence-corrected chi connectivity index (χ1v) is 8.06. The Morgan fingerprint density at radius 1 is 1.21 bits per heavy atom. The number of carbonyl (C=O) groups is 1. The number of piperazine rings is 1. The lowest BCUT2D eigenvalue weighted by molar-refractivity contribution is -0.132. The minimum atomic E-state index is 0.0949. The first kappa shape index (κ1) is 16.2. The van der Waals surface area contributed by atoms with Crippen molar-refractivity contribution in [2.75, 3.05) is 50.1 Å². The Balaban J connectivity index is 1.61. The van der Waals surface area contributed by atoms with Crippen molar-refractivity contribution in [3.8, 4) is 0 Å². The van der Waals surface area contributed by atoms with E-state index in [1.54, 1.807) is 17.1 Å². The Labute approximate surface area is 141 Å². The third-order valence-electron chi connectivity index (χ3n) is 4.06. The first-order valence-electron chi connectivity index (χ1n) is 8.06. The Morgan fingerprint density at radius 3 is 2.58 bits per heavy atom. The molecule has 1 fully saturated rings. The lowest BCUT2D eigenvalue weighted by Gasteiger charge is -2.35. The van der Waals surface area contributed by atoms with Gasteiger partial charge < -0.3 is 14.7 Å². The number of anilines is 2. The maximum Gasteiger partial charge on any atom is 0.244 e. The zero-order valence-electron chi connectivity index (χ0n) is 14.4. The standard InChI is InChI=1S/C16H23N7O/c1-13-11-14(20(2)3)19-16(18-13)22-9-7-21(8-10-22)15(24)12-23-6-4-5-17-23/h4-6,11H,7-10,12H2,1-3H3. The third-order valence-corrected chi connectivity index (χ3v) is 4.06. The number of amides is 1. The van der Waals surface area contributed by atoms with E-state index in [4.69, 9.17) is 0 Å². The molecule has 1 aliphatic heterocycles. The number of carbonyl (C=O) groups excluding carboxylic acids is 1. The van der Waals surface area contributed by atoms with Crippen LogP contribution in [0.3, 0.4) is 0 Å². The number of aryl methyl sites for hydroxylation is 1. The van der Waals surface area contributed by atoms with Gasteiger partial charge in [0.25, 0.3) is 0 Å². The molecule has 3 heterocycles. The van der Waals surface area contributed by atoms with Crippen LogP contribution in [0.15, 0.2) is 24.5 Å².